The SMILES string of the molecule is CC/C=C\C/C=C\C/C=C\C/C=C\C/C=C\C/C=C\CCCCC(=O)NCCOP(=O)(O)OCC(O)COC(=O)CCCCCCC/C=C\CCCC. The Morgan fingerprint density at radius 2 is 1.08 bits per heavy atom. The first-order valence-corrected chi connectivity index (χ1v) is 21.6. The van der Waals surface area contributed by atoms with Crippen molar-refractivity contribution < 1.29 is 37.9 Å². The molecule has 0 radical (unpaired) electrons. The summed E-state index contributed by atoms with van der Waals surface area (Å²) in [4.78, 5) is 33.8. The molecular formula is C43H72NO8P. The Bertz CT molecular complexity index is 1140. The Hall–Kier alpha value is -2.81. The number of amides is 1. The number of phosphoric ester groups is 1. The van der Waals surface area contributed by atoms with Crippen LogP contribution in [0.2, 0.25) is 0 Å². The Morgan fingerprint density at radius 3 is 1.66 bits per heavy atom. The van der Waals surface area contributed by atoms with Crippen LogP contribution in [0.25, 0.3) is 0 Å². The van der Waals surface area contributed by atoms with Crippen LogP contribution in [-0.2, 0) is 27.9 Å². The Kier molecular flexibility index (Phi) is 36.8. The van der Waals surface area contributed by atoms with Crippen molar-refractivity contribution in [1.82, 2.24) is 5.32 Å². The largest absolute Gasteiger partial charge is 0.472 e. The molecule has 0 saturated heterocycles. The van der Waals surface area contributed by atoms with Gasteiger partial charge in [-0.2, -0.15) is 0 Å². The molecule has 0 rings (SSSR count). The molecule has 53 heavy (non-hydrogen) atoms. The topological polar surface area (TPSA) is 131 Å². The zero-order valence-electron chi connectivity index (χ0n) is 32.9. The number of esters is 1. The smallest absolute Gasteiger partial charge is 0.463 e. The number of hydrogen-bond acceptors (Lipinski definition) is 7. The molecule has 2 unspecified atom stereocenters. The normalized spacial score (nSPS) is 14.3. The highest BCUT2D eigenvalue weighted by Crippen LogP contribution is 2.42. The van der Waals surface area contributed by atoms with Crippen molar-refractivity contribution in [3.63, 3.8) is 0 Å². The van der Waals surface area contributed by atoms with Gasteiger partial charge in [-0.25, -0.2) is 4.57 Å². The van der Waals surface area contributed by atoms with E-state index in [1.165, 1.54) is 12.8 Å². The fraction of sp³-hybridized carbons (Fsp3) is 0.628. The van der Waals surface area contributed by atoms with Crippen LogP contribution < -0.4 is 5.32 Å². The van der Waals surface area contributed by atoms with Crippen molar-refractivity contribution in [3.05, 3.63) is 85.1 Å². The van der Waals surface area contributed by atoms with E-state index in [4.69, 9.17) is 13.8 Å². The molecule has 2 atom stereocenters. The van der Waals surface area contributed by atoms with Gasteiger partial charge in [0.1, 0.15) is 12.7 Å². The van der Waals surface area contributed by atoms with Crippen LogP contribution in [0.4, 0.5) is 0 Å². The summed E-state index contributed by atoms with van der Waals surface area (Å²) in [5, 5.41) is 12.6. The van der Waals surface area contributed by atoms with Gasteiger partial charge in [-0.05, 0) is 83.5 Å². The van der Waals surface area contributed by atoms with Crippen LogP contribution in [0.15, 0.2) is 85.1 Å². The lowest BCUT2D eigenvalue weighted by molar-refractivity contribution is -0.147. The van der Waals surface area contributed by atoms with Crippen molar-refractivity contribution in [2.75, 3.05) is 26.4 Å². The van der Waals surface area contributed by atoms with Gasteiger partial charge in [-0.1, -0.05) is 131 Å². The summed E-state index contributed by atoms with van der Waals surface area (Å²) in [6.07, 6.45) is 48.1. The average Bonchev–Trinajstić information content (AvgIpc) is 3.14. The summed E-state index contributed by atoms with van der Waals surface area (Å²) >= 11 is 0. The number of ether oxygens (including phenoxy) is 1. The number of carbonyl (C=O) groups excluding carboxylic acids is 2. The quantitative estimate of drug-likeness (QED) is 0.0249. The first-order chi connectivity index (χ1) is 25.8. The lowest BCUT2D eigenvalue weighted by Crippen LogP contribution is -2.27. The Labute approximate surface area is 322 Å². The fourth-order valence-electron chi connectivity index (χ4n) is 4.77. The molecule has 1 amide bonds. The van der Waals surface area contributed by atoms with E-state index in [1.807, 2.05) is 0 Å². The van der Waals surface area contributed by atoms with E-state index in [9.17, 15) is 24.2 Å². The van der Waals surface area contributed by atoms with Gasteiger partial charge in [0.2, 0.25) is 5.91 Å². The van der Waals surface area contributed by atoms with Crippen LogP contribution in [0, 0.1) is 0 Å². The minimum absolute atomic E-state index is 0.0517. The maximum atomic E-state index is 12.1. The molecule has 0 spiro atoms. The summed E-state index contributed by atoms with van der Waals surface area (Å²) in [7, 11) is -4.43. The molecule has 0 heterocycles. The monoisotopic (exact) mass is 761 g/mol. The Morgan fingerprint density at radius 1 is 0.604 bits per heavy atom. The number of allylic oxidation sites excluding steroid dienone is 14. The first kappa shape index (κ1) is 50.2. The van der Waals surface area contributed by atoms with Gasteiger partial charge in [0.05, 0.1) is 13.2 Å². The fourth-order valence-corrected chi connectivity index (χ4v) is 5.53. The molecule has 0 aromatic heterocycles. The van der Waals surface area contributed by atoms with Gasteiger partial charge in [0, 0.05) is 19.4 Å². The van der Waals surface area contributed by atoms with Crippen LogP contribution in [0.3, 0.4) is 0 Å². The summed E-state index contributed by atoms with van der Waals surface area (Å²) in [6, 6.07) is 0. The molecular weight excluding hydrogens is 689 g/mol. The average molecular weight is 762 g/mol. The zero-order valence-corrected chi connectivity index (χ0v) is 33.8. The second kappa shape index (κ2) is 38.9. The number of nitrogens with one attached hydrogen (secondary N) is 1. The highest BCUT2D eigenvalue weighted by molar-refractivity contribution is 7.47. The minimum Gasteiger partial charge on any atom is -0.463 e. The van der Waals surface area contributed by atoms with Gasteiger partial charge in [0.15, 0.2) is 0 Å². The van der Waals surface area contributed by atoms with Crippen LogP contribution >= 0.6 is 7.82 Å². The minimum atomic E-state index is -4.43. The van der Waals surface area contributed by atoms with E-state index < -0.39 is 26.5 Å². The highest BCUT2D eigenvalue weighted by atomic mass is 31.2. The molecule has 0 fully saturated rings. The summed E-state index contributed by atoms with van der Waals surface area (Å²) in [5.74, 6) is -0.580. The molecule has 10 heteroatoms. The number of phosphoric acid groups is 1. The van der Waals surface area contributed by atoms with Crippen molar-refractivity contribution in [2.45, 2.75) is 148 Å². The summed E-state index contributed by atoms with van der Waals surface area (Å²) < 4.78 is 26.7. The van der Waals surface area contributed by atoms with Crippen molar-refractivity contribution in [2.24, 2.45) is 0 Å². The molecule has 3 N–H and O–H groups in total. The predicted octanol–water partition coefficient (Wildman–Crippen LogP) is 10.9. The maximum absolute atomic E-state index is 12.1. The molecule has 302 valence electrons. The third-order valence-electron chi connectivity index (χ3n) is 7.81. The number of carbonyl (C=O) groups is 2. The number of rotatable bonds is 36. The lowest BCUT2D eigenvalue weighted by atomic mass is 10.1. The maximum Gasteiger partial charge on any atom is 0.472 e. The van der Waals surface area contributed by atoms with Crippen molar-refractivity contribution >= 4 is 19.7 Å². The van der Waals surface area contributed by atoms with Gasteiger partial charge < -0.3 is 20.1 Å². The van der Waals surface area contributed by atoms with Crippen LogP contribution in [0.5, 0.6) is 0 Å². The van der Waals surface area contributed by atoms with E-state index >= 15 is 0 Å². The van der Waals surface area contributed by atoms with Crippen LogP contribution in [0.1, 0.15) is 142 Å². The molecule has 0 aliphatic carbocycles. The molecule has 0 bridgehead atoms. The molecule has 0 aromatic carbocycles. The van der Waals surface area contributed by atoms with Gasteiger partial charge in [0.25, 0.3) is 0 Å². The second-order valence-electron chi connectivity index (χ2n) is 12.9. The van der Waals surface area contributed by atoms with E-state index in [2.05, 4.69) is 104 Å². The van der Waals surface area contributed by atoms with Crippen molar-refractivity contribution in [3.8, 4) is 0 Å². The van der Waals surface area contributed by atoms with E-state index in [0.717, 1.165) is 103 Å². The molecule has 0 saturated carbocycles. The highest BCUT2D eigenvalue weighted by Gasteiger charge is 2.23. The van der Waals surface area contributed by atoms with Crippen LogP contribution in [-0.4, -0.2) is 54.3 Å². The van der Waals surface area contributed by atoms with E-state index in [-0.39, 0.29) is 32.1 Å². The number of hydrogen-bond donors (Lipinski definition) is 3. The second-order valence-corrected chi connectivity index (χ2v) is 14.3. The first-order valence-electron chi connectivity index (χ1n) is 20.1. The zero-order chi connectivity index (χ0) is 38.9. The number of unbranched alkanes of at least 4 members (excludes halogenated alkanes) is 9. The third-order valence-corrected chi connectivity index (χ3v) is 8.79. The van der Waals surface area contributed by atoms with E-state index in [1.54, 1.807) is 0 Å². The van der Waals surface area contributed by atoms with Gasteiger partial charge >= 0.3 is 13.8 Å². The summed E-state index contributed by atoms with van der Waals surface area (Å²) in [6.45, 7) is 3.30. The van der Waals surface area contributed by atoms with Gasteiger partial charge in [-0.15, -0.1) is 0 Å². The predicted molar refractivity (Wildman–Crippen MR) is 219 cm³/mol. The Balaban J connectivity index is 3.73. The standard InChI is InChI=1S/C43H72NO8P/c1-3-5-7-9-11-13-15-16-17-18-19-20-21-22-23-24-26-27-29-31-33-35-42(46)44-37-38-51-53(48,49)52-40-41(45)39-50-43(47)36-34-32-30-28-25-14-12-10-8-6-4-2/h5,7,10-13,16-17,19-20,22-23,26-27,41,45H,3-4,6,8-9,14-15,18,21,24-25,28-40H2,1-2H3,(H,44,46)(H,48,49)/b7-5-,12-10-,13-11-,17-16-,20-19-,23-22-,27-26-. The summed E-state index contributed by atoms with van der Waals surface area (Å²) in [5.41, 5.74) is 0. The number of aliphatic hydroxyl groups excluding tert-OH is 1. The van der Waals surface area contributed by atoms with Gasteiger partial charge in [-0.3, -0.25) is 18.6 Å². The molecule has 9 nitrogen and oxygen atoms in total. The molecule has 0 aromatic rings. The molecule has 0 aliphatic rings. The third kappa shape index (κ3) is 40.2. The lowest BCUT2D eigenvalue weighted by Gasteiger charge is -2.15. The molecule has 0 aliphatic heterocycles. The number of aliphatic hydroxyl groups is 1. The van der Waals surface area contributed by atoms with E-state index in [0.29, 0.717) is 6.42 Å². The van der Waals surface area contributed by atoms with Crippen molar-refractivity contribution in [1.29, 1.82) is 0 Å².